The van der Waals surface area contributed by atoms with Gasteiger partial charge in [-0.25, -0.2) is 4.98 Å². The van der Waals surface area contributed by atoms with E-state index in [1.807, 2.05) is 6.07 Å². The Morgan fingerprint density at radius 3 is 2.76 bits per heavy atom. The highest BCUT2D eigenvalue weighted by atomic mass is 32.2. The van der Waals surface area contributed by atoms with Crippen molar-refractivity contribution in [3.63, 3.8) is 0 Å². The van der Waals surface area contributed by atoms with Gasteiger partial charge in [0.25, 0.3) is 0 Å². The Balaban J connectivity index is 1.99. The first-order valence-electron chi connectivity index (χ1n) is 6.72. The van der Waals surface area contributed by atoms with Crippen molar-refractivity contribution in [1.29, 1.82) is 0 Å². The molecule has 1 atom stereocenters. The standard InChI is InChI=1S/C15H16N2O2S2/c1-15(2,3)8-4-5-9-11(6-8)21-13(16-9)12-17-10(7-20-12)14(18)19/h4-6,10H,7H2,1-3H3,(H,18,19)/p+1/t10-/m1/s1. The van der Waals surface area contributed by atoms with Gasteiger partial charge in [-0.2, -0.15) is 0 Å². The smallest absolute Gasteiger partial charge is 0.541 e. The predicted octanol–water partition coefficient (Wildman–Crippen LogP) is 2.71. The first kappa shape index (κ1) is 14.5. The molecule has 0 radical (unpaired) electrons. The molecule has 1 aliphatic rings. The lowest BCUT2D eigenvalue weighted by Gasteiger charge is -2.18. The molecule has 1 aliphatic heterocycles. The van der Waals surface area contributed by atoms with E-state index in [2.05, 4.69) is 42.9 Å². The summed E-state index contributed by atoms with van der Waals surface area (Å²) in [6.45, 7) is 6.58. The molecule has 0 spiro atoms. The summed E-state index contributed by atoms with van der Waals surface area (Å²) in [4.78, 5) is 20.0. The van der Waals surface area contributed by atoms with Crippen molar-refractivity contribution in [2.24, 2.45) is 4.99 Å². The fourth-order valence-electron chi connectivity index (χ4n) is 2.11. The van der Waals surface area contributed by atoms with Crippen LogP contribution in [0, 0.1) is 0 Å². The number of hydrogen-bond donors (Lipinski definition) is 0. The summed E-state index contributed by atoms with van der Waals surface area (Å²) < 4.78 is 1.14. The van der Waals surface area contributed by atoms with Crippen LogP contribution in [0.2, 0.25) is 0 Å². The summed E-state index contributed by atoms with van der Waals surface area (Å²) in [7, 11) is 0. The maximum absolute atomic E-state index is 11.1. The normalized spacial score (nSPS) is 19.0. The van der Waals surface area contributed by atoms with E-state index >= 15 is 0 Å². The summed E-state index contributed by atoms with van der Waals surface area (Å²) >= 11 is 3.12. The molecule has 0 unspecified atom stereocenters. The molecule has 2 aromatic rings. The van der Waals surface area contributed by atoms with Crippen molar-refractivity contribution in [2.45, 2.75) is 32.2 Å². The van der Waals surface area contributed by atoms with E-state index < -0.39 is 12.0 Å². The predicted molar refractivity (Wildman–Crippen MR) is 89.7 cm³/mol. The van der Waals surface area contributed by atoms with Gasteiger partial charge in [0.2, 0.25) is 6.04 Å². The third-order valence-electron chi connectivity index (χ3n) is 3.39. The highest BCUT2D eigenvalue weighted by molar-refractivity contribution is 8.15. The average Bonchev–Trinajstić information content (AvgIpc) is 3.03. The number of carbonyl (C=O) groups is 1. The molecule has 0 amide bonds. The summed E-state index contributed by atoms with van der Waals surface area (Å²) in [6.07, 6.45) is 0. The van der Waals surface area contributed by atoms with Crippen LogP contribution in [0.1, 0.15) is 31.3 Å². The molecule has 1 aromatic carbocycles. The highest BCUT2D eigenvalue weighted by Crippen LogP contribution is 2.32. The fraction of sp³-hybridized carbons (Fsp3) is 0.400. The first-order valence-corrected chi connectivity index (χ1v) is 8.52. The number of nitrogens with zero attached hydrogens (tertiary/aromatic N) is 2. The quantitative estimate of drug-likeness (QED) is 0.799. The van der Waals surface area contributed by atoms with E-state index in [0.717, 1.165) is 20.3 Å². The molecule has 0 fully saturated rings. The molecule has 110 valence electrons. The van der Waals surface area contributed by atoms with Gasteiger partial charge in [-0.05, 0) is 23.1 Å². The third kappa shape index (κ3) is 2.82. The van der Waals surface area contributed by atoms with Gasteiger partial charge >= 0.3 is 5.97 Å². The lowest BCUT2D eigenvalue weighted by Crippen LogP contribution is -2.17. The van der Waals surface area contributed by atoms with E-state index in [0.29, 0.717) is 5.75 Å². The number of thiazole rings is 1. The molecule has 0 saturated carbocycles. The number of hydrogen-bond acceptors (Lipinski definition) is 5. The van der Waals surface area contributed by atoms with Crippen LogP contribution in [0.4, 0.5) is 0 Å². The van der Waals surface area contributed by atoms with Crippen LogP contribution in [-0.4, -0.2) is 32.9 Å². The van der Waals surface area contributed by atoms with Crippen molar-refractivity contribution in [3.05, 3.63) is 28.8 Å². The zero-order chi connectivity index (χ0) is 15.2. The number of carbonyl (C=O) groups excluding carboxylic acids is 1. The fourth-order valence-corrected chi connectivity index (χ4v) is 4.22. The number of thioether (sulfide) groups is 1. The van der Waals surface area contributed by atoms with Crippen molar-refractivity contribution >= 4 is 44.3 Å². The molecule has 2 N–H and O–H groups in total. The van der Waals surface area contributed by atoms with Crippen molar-refractivity contribution in [1.82, 2.24) is 4.98 Å². The molecule has 4 nitrogen and oxygen atoms in total. The Bertz CT molecular complexity index is 744. The molecular formula is C15H17N2O2S2+. The molecule has 0 saturated heterocycles. The molecule has 2 heterocycles. The molecule has 3 rings (SSSR count). The van der Waals surface area contributed by atoms with Crippen molar-refractivity contribution < 1.29 is 9.90 Å². The zero-order valence-electron chi connectivity index (χ0n) is 12.1. The van der Waals surface area contributed by atoms with E-state index in [9.17, 15) is 4.79 Å². The molecule has 1 aromatic heterocycles. The van der Waals surface area contributed by atoms with Crippen LogP contribution >= 0.6 is 23.1 Å². The van der Waals surface area contributed by atoms with Gasteiger partial charge in [-0.3, -0.25) is 4.99 Å². The van der Waals surface area contributed by atoms with Crippen LogP contribution in [0.15, 0.2) is 23.2 Å². The summed E-state index contributed by atoms with van der Waals surface area (Å²) in [6, 6.07) is 5.82. The number of fused-ring (bicyclic) bond motifs is 1. The minimum absolute atomic E-state index is 0.112. The molecule has 6 heteroatoms. The number of benzene rings is 1. The third-order valence-corrected chi connectivity index (χ3v) is 5.60. The average molecular weight is 321 g/mol. The first-order chi connectivity index (χ1) is 9.84. The van der Waals surface area contributed by atoms with E-state index in [-0.39, 0.29) is 5.41 Å². The van der Waals surface area contributed by atoms with Gasteiger partial charge in [0.05, 0.1) is 10.2 Å². The molecular weight excluding hydrogens is 304 g/mol. The lowest BCUT2D eigenvalue weighted by atomic mass is 9.87. The van der Waals surface area contributed by atoms with Crippen LogP contribution < -0.4 is 0 Å². The Labute approximate surface area is 131 Å². The Morgan fingerprint density at radius 1 is 1.38 bits per heavy atom. The van der Waals surface area contributed by atoms with E-state index in [4.69, 9.17) is 5.11 Å². The van der Waals surface area contributed by atoms with Crippen LogP contribution in [0.3, 0.4) is 0 Å². The summed E-state index contributed by atoms with van der Waals surface area (Å²) in [5.41, 5.74) is 2.36. The molecule has 0 bridgehead atoms. The monoisotopic (exact) mass is 321 g/mol. The zero-order valence-corrected chi connectivity index (χ0v) is 13.8. The van der Waals surface area contributed by atoms with Gasteiger partial charge in [-0.15, -0.1) is 23.1 Å². The van der Waals surface area contributed by atoms with E-state index in [1.165, 1.54) is 17.3 Å². The summed E-state index contributed by atoms with van der Waals surface area (Å²) in [5, 5.41) is 8.80. The second-order valence-corrected chi connectivity index (χ2v) is 8.12. The number of aromatic nitrogens is 1. The lowest BCUT2D eigenvalue weighted by molar-refractivity contribution is -0.137. The number of rotatable bonds is 2. The largest absolute Gasteiger partial charge is 0.563 e. The maximum Gasteiger partial charge on any atom is 0.541 e. The Hall–Kier alpha value is -1.40. The van der Waals surface area contributed by atoms with Crippen LogP contribution in [0.25, 0.3) is 10.2 Å². The molecule has 0 aliphatic carbocycles. The Kier molecular flexibility index (Phi) is 3.53. The minimum atomic E-state index is -0.617. The summed E-state index contributed by atoms with van der Waals surface area (Å²) in [5.74, 6) is -0.0606. The van der Waals surface area contributed by atoms with Gasteiger partial charge in [0.15, 0.2) is 0 Å². The van der Waals surface area contributed by atoms with Crippen molar-refractivity contribution in [3.8, 4) is 0 Å². The van der Waals surface area contributed by atoms with Crippen molar-refractivity contribution in [2.75, 3.05) is 5.75 Å². The van der Waals surface area contributed by atoms with Gasteiger partial charge in [0, 0.05) is 10.5 Å². The Morgan fingerprint density at radius 2 is 2.14 bits per heavy atom. The number of aliphatic imine (C=N–C) groups is 1. The second kappa shape index (κ2) is 5.10. The topological polar surface area (TPSA) is 65.2 Å². The van der Waals surface area contributed by atoms with E-state index in [1.54, 1.807) is 11.3 Å². The van der Waals surface area contributed by atoms with Gasteiger partial charge in [0.1, 0.15) is 10.1 Å². The molecule has 21 heavy (non-hydrogen) atoms. The van der Waals surface area contributed by atoms with Crippen LogP contribution in [-0.2, 0) is 10.2 Å². The van der Waals surface area contributed by atoms with Crippen LogP contribution in [0.5, 0.6) is 0 Å². The van der Waals surface area contributed by atoms with Gasteiger partial charge in [-0.1, -0.05) is 26.8 Å². The second-order valence-electron chi connectivity index (χ2n) is 6.08. The SMILES string of the molecule is CC(C)(C)c1ccc2nc(C3=N[C@@H](C(=O)[OH2+])CS3)sc2c1. The maximum atomic E-state index is 11.1. The van der Waals surface area contributed by atoms with Gasteiger partial charge < -0.3 is 5.11 Å². The highest BCUT2D eigenvalue weighted by Gasteiger charge is 2.32. The minimum Gasteiger partial charge on any atom is -0.563 e.